The van der Waals surface area contributed by atoms with E-state index in [-0.39, 0.29) is 5.91 Å². The first kappa shape index (κ1) is 13.8. The second-order valence-electron chi connectivity index (χ2n) is 5.48. The molecule has 1 amide bonds. The van der Waals surface area contributed by atoms with E-state index in [1.165, 1.54) is 0 Å². The van der Waals surface area contributed by atoms with Crippen molar-refractivity contribution < 1.29 is 9.90 Å². The van der Waals surface area contributed by atoms with Crippen LogP contribution in [0.25, 0.3) is 0 Å². The molecular formula is C18H19NO2. The maximum atomic E-state index is 12.6. The number of fused-ring (bicyclic) bond motifs is 1. The van der Waals surface area contributed by atoms with E-state index in [9.17, 15) is 9.90 Å². The average molecular weight is 281 g/mol. The molecule has 0 fully saturated rings. The van der Waals surface area contributed by atoms with Crippen LogP contribution in [0.3, 0.4) is 0 Å². The summed E-state index contributed by atoms with van der Waals surface area (Å²) in [7, 11) is 0. The summed E-state index contributed by atoms with van der Waals surface area (Å²) in [5.74, 6) is -0.0779. The summed E-state index contributed by atoms with van der Waals surface area (Å²) in [6, 6.07) is 17.2. The van der Waals surface area contributed by atoms with Crippen LogP contribution >= 0.6 is 0 Å². The van der Waals surface area contributed by atoms with E-state index in [2.05, 4.69) is 0 Å². The molecule has 1 aliphatic heterocycles. The lowest BCUT2D eigenvalue weighted by Gasteiger charge is -2.34. The fourth-order valence-electron chi connectivity index (χ4n) is 3.06. The molecule has 1 aliphatic rings. The van der Waals surface area contributed by atoms with Gasteiger partial charge in [-0.05, 0) is 18.1 Å². The minimum atomic E-state index is -1.25. The van der Waals surface area contributed by atoms with Crippen molar-refractivity contribution in [3.63, 3.8) is 0 Å². The number of carbonyl (C=O) groups excluding carboxylic acids is 1. The monoisotopic (exact) mass is 281 g/mol. The van der Waals surface area contributed by atoms with Gasteiger partial charge in [-0.2, -0.15) is 0 Å². The first-order valence-electron chi connectivity index (χ1n) is 7.34. The smallest absolute Gasteiger partial charge is 0.256 e. The van der Waals surface area contributed by atoms with Gasteiger partial charge in [-0.1, -0.05) is 55.5 Å². The van der Waals surface area contributed by atoms with Crippen LogP contribution in [0, 0.1) is 0 Å². The zero-order valence-corrected chi connectivity index (χ0v) is 12.1. The summed E-state index contributed by atoms with van der Waals surface area (Å²) in [4.78, 5) is 14.2. The van der Waals surface area contributed by atoms with Gasteiger partial charge in [0.1, 0.15) is 0 Å². The normalized spacial score (nSPS) is 20.7. The molecule has 3 nitrogen and oxygen atoms in total. The van der Waals surface area contributed by atoms with Crippen LogP contribution in [0.2, 0.25) is 0 Å². The summed E-state index contributed by atoms with van der Waals surface area (Å²) in [5.41, 5.74) is 1.10. The topological polar surface area (TPSA) is 40.5 Å². The van der Waals surface area contributed by atoms with Gasteiger partial charge in [0.25, 0.3) is 5.91 Å². The van der Waals surface area contributed by atoms with E-state index in [0.29, 0.717) is 24.1 Å². The van der Waals surface area contributed by atoms with Gasteiger partial charge in [0.2, 0.25) is 0 Å². The molecule has 1 heterocycles. The molecule has 3 heteroatoms. The number of benzene rings is 2. The Morgan fingerprint density at radius 3 is 2.43 bits per heavy atom. The van der Waals surface area contributed by atoms with Crippen LogP contribution in [-0.2, 0) is 12.1 Å². The number of rotatable bonds is 4. The van der Waals surface area contributed by atoms with Gasteiger partial charge < -0.3 is 10.0 Å². The molecule has 2 aromatic rings. The van der Waals surface area contributed by atoms with Crippen molar-refractivity contribution >= 4 is 5.91 Å². The Labute approximate surface area is 124 Å². The minimum Gasteiger partial charge on any atom is -0.366 e. The standard InChI is InChI=1S/C18H19NO2/c1-2-12-19-17(20)15-10-6-7-11-16(15)18(19,21)13-14-8-4-3-5-9-14/h3-11,21H,2,12-13H2,1H3. The summed E-state index contributed by atoms with van der Waals surface area (Å²) in [6.45, 7) is 2.57. The lowest BCUT2D eigenvalue weighted by atomic mass is 9.94. The molecule has 0 radical (unpaired) electrons. The van der Waals surface area contributed by atoms with Crippen molar-refractivity contribution in [1.29, 1.82) is 0 Å². The highest BCUT2D eigenvalue weighted by Gasteiger charge is 2.47. The minimum absolute atomic E-state index is 0.0779. The predicted octanol–water partition coefficient (Wildman–Crippen LogP) is 2.94. The van der Waals surface area contributed by atoms with Crippen molar-refractivity contribution in [3.8, 4) is 0 Å². The lowest BCUT2D eigenvalue weighted by molar-refractivity contribution is -0.0835. The van der Waals surface area contributed by atoms with Crippen molar-refractivity contribution in [2.75, 3.05) is 6.54 Å². The van der Waals surface area contributed by atoms with Gasteiger partial charge in [-0.3, -0.25) is 4.79 Å². The first-order valence-corrected chi connectivity index (χ1v) is 7.34. The molecule has 1 atom stereocenters. The zero-order chi connectivity index (χ0) is 14.9. The predicted molar refractivity (Wildman–Crippen MR) is 81.8 cm³/mol. The molecule has 1 N–H and O–H groups in total. The molecule has 2 aromatic carbocycles. The molecule has 0 bridgehead atoms. The summed E-state index contributed by atoms with van der Waals surface area (Å²) in [5, 5.41) is 11.3. The maximum absolute atomic E-state index is 12.6. The average Bonchev–Trinajstić information content (AvgIpc) is 2.71. The van der Waals surface area contributed by atoms with Crippen LogP contribution in [-0.4, -0.2) is 22.5 Å². The van der Waals surface area contributed by atoms with Crippen LogP contribution < -0.4 is 0 Å². The number of aliphatic hydroxyl groups is 1. The Hall–Kier alpha value is -2.13. The fraction of sp³-hybridized carbons (Fsp3) is 0.278. The van der Waals surface area contributed by atoms with E-state index in [1.807, 2.05) is 55.5 Å². The Kier molecular flexibility index (Phi) is 3.52. The first-order chi connectivity index (χ1) is 10.2. The van der Waals surface area contributed by atoms with E-state index < -0.39 is 5.72 Å². The second kappa shape index (κ2) is 5.34. The van der Waals surface area contributed by atoms with Gasteiger partial charge in [-0.25, -0.2) is 0 Å². The van der Waals surface area contributed by atoms with Crippen molar-refractivity contribution in [3.05, 3.63) is 71.3 Å². The van der Waals surface area contributed by atoms with Crippen LogP contribution in [0.4, 0.5) is 0 Å². The molecular weight excluding hydrogens is 262 g/mol. The molecule has 0 aromatic heterocycles. The largest absolute Gasteiger partial charge is 0.366 e. The SMILES string of the molecule is CCCN1C(=O)c2ccccc2C1(O)Cc1ccccc1. The van der Waals surface area contributed by atoms with Gasteiger partial charge in [0, 0.05) is 24.1 Å². The summed E-state index contributed by atoms with van der Waals surface area (Å²) < 4.78 is 0. The van der Waals surface area contributed by atoms with Crippen molar-refractivity contribution in [2.45, 2.75) is 25.5 Å². The lowest BCUT2D eigenvalue weighted by Crippen LogP contribution is -2.45. The Bertz CT molecular complexity index is 653. The third-order valence-electron chi connectivity index (χ3n) is 4.02. The van der Waals surface area contributed by atoms with E-state index in [0.717, 1.165) is 12.0 Å². The number of carbonyl (C=O) groups is 1. The fourth-order valence-corrected chi connectivity index (χ4v) is 3.06. The van der Waals surface area contributed by atoms with Gasteiger partial charge in [0.15, 0.2) is 5.72 Å². The number of nitrogens with zero attached hydrogens (tertiary/aromatic N) is 1. The highest BCUT2D eigenvalue weighted by molar-refractivity contribution is 5.99. The van der Waals surface area contributed by atoms with Crippen LogP contribution in [0.5, 0.6) is 0 Å². The molecule has 21 heavy (non-hydrogen) atoms. The van der Waals surface area contributed by atoms with Crippen LogP contribution in [0.1, 0.15) is 34.8 Å². The third kappa shape index (κ3) is 2.24. The quantitative estimate of drug-likeness (QED) is 0.936. The van der Waals surface area contributed by atoms with Gasteiger partial charge in [0.05, 0.1) is 0 Å². The highest BCUT2D eigenvalue weighted by Crippen LogP contribution is 2.39. The Morgan fingerprint density at radius 2 is 1.71 bits per heavy atom. The van der Waals surface area contributed by atoms with Crippen molar-refractivity contribution in [2.24, 2.45) is 0 Å². The molecule has 1 unspecified atom stereocenters. The molecule has 0 spiro atoms. The zero-order valence-electron chi connectivity index (χ0n) is 12.1. The van der Waals surface area contributed by atoms with Gasteiger partial charge >= 0.3 is 0 Å². The summed E-state index contributed by atoms with van der Waals surface area (Å²) >= 11 is 0. The summed E-state index contributed by atoms with van der Waals surface area (Å²) in [6.07, 6.45) is 1.23. The molecule has 108 valence electrons. The van der Waals surface area contributed by atoms with E-state index in [1.54, 1.807) is 11.0 Å². The molecule has 0 saturated carbocycles. The third-order valence-corrected chi connectivity index (χ3v) is 4.02. The van der Waals surface area contributed by atoms with E-state index in [4.69, 9.17) is 0 Å². The Morgan fingerprint density at radius 1 is 1.05 bits per heavy atom. The number of hydrogen-bond acceptors (Lipinski definition) is 2. The number of hydrogen-bond donors (Lipinski definition) is 1. The highest BCUT2D eigenvalue weighted by atomic mass is 16.3. The number of amides is 1. The van der Waals surface area contributed by atoms with E-state index >= 15 is 0 Å². The Balaban J connectivity index is 2.06. The molecule has 0 aliphatic carbocycles. The van der Waals surface area contributed by atoms with Crippen molar-refractivity contribution in [1.82, 2.24) is 4.90 Å². The maximum Gasteiger partial charge on any atom is 0.256 e. The van der Waals surface area contributed by atoms with Gasteiger partial charge in [-0.15, -0.1) is 0 Å². The molecule has 0 saturated heterocycles. The van der Waals surface area contributed by atoms with Crippen LogP contribution in [0.15, 0.2) is 54.6 Å². The molecule has 3 rings (SSSR count). The second-order valence-corrected chi connectivity index (χ2v) is 5.48.